The molecule has 1 aromatic carbocycles. The van der Waals surface area contributed by atoms with Gasteiger partial charge in [0.1, 0.15) is 5.75 Å². The fourth-order valence-electron chi connectivity index (χ4n) is 1.59. The van der Waals surface area contributed by atoms with E-state index in [9.17, 15) is 13.6 Å². The van der Waals surface area contributed by atoms with Gasteiger partial charge in [0.2, 0.25) is 5.91 Å². The number of carbonyl (C=O) groups is 1. The van der Waals surface area contributed by atoms with E-state index in [2.05, 4.69) is 10.1 Å². The molecule has 0 heterocycles. The zero-order valence-electron chi connectivity index (χ0n) is 11.0. The van der Waals surface area contributed by atoms with Gasteiger partial charge in [0.25, 0.3) is 0 Å². The van der Waals surface area contributed by atoms with Crippen molar-refractivity contribution in [3.05, 3.63) is 29.8 Å². The summed E-state index contributed by atoms with van der Waals surface area (Å²) in [5.41, 5.74) is 0.651. The molecule has 0 spiro atoms. The van der Waals surface area contributed by atoms with E-state index in [4.69, 9.17) is 9.84 Å². The zero-order valence-corrected chi connectivity index (χ0v) is 11.0. The fraction of sp³-hybridized carbons (Fsp3) is 0.462. The molecule has 1 amide bonds. The van der Waals surface area contributed by atoms with E-state index >= 15 is 0 Å². The molecule has 1 unspecified atom stereocenters. The summed E-state index contributed by atoms with van der Waals surface area (Å²) in [7, 11) is 1.47. The first-order valence-corrected chi connectivity index (χ1v) is 5.98. The second-order valence-corrected chi connectivity index (χ2v) is 4.10. The van der Waals surface area contributed by atoms with Crippen LogP contribution in [-0.2, 0) is 16.0 Å². The second kappa shape index (κ2) is 8.44. The highest BCUT2D eigenvalue weighted by Gasteiger charge is 2.11. The molecule has 20 heavy (non-hydrogen) atoms. The maximum Gasteiger partial charge on any atom is 0.387 e. The number of aliphatic hydroxyl groups is 1. The summed E-state index contributed by atoms with van der Waals surface area (Å²) in [6, 6.07) is 5.33. The summed E-state index contributed by atoms with van der Waals surface area (Å²) in [4.78, 5) is 11.7. The lowest BCUT2D eigenvalue weighted by Gasteiger charge is -2.15. The van der Waals surface area contributed by atoms with Crippen LogP contribution in [0.3, 0.4) is 0 Å². The Hall–Kier alpha value is -1.73. The summed E-state index contributed by atoms with van der Waals surface area (Å²) < 4.78 is 33.0. The van der Waals surface area contributed by atoms with Crippen molar-refractivity contribution in [1.82, 2.24) is 5.32 Å². The number of aliphatic hydroxyl groups excluding tert-OH is 1. The lowest BCUT2D eigenvalue weighted by molar-refractivity contribution is -0.121. The summed E-state index contributed by atoms with van der Waals surface area (Å²) >= 11 is 0. The number of hydrogen-bond donors (Lipinski definition) is 2. The topological polar surface area (TPSA) is 67.8 Å². The average Bonchev–Trinajstić information content (AvgIpc) is 2.40. The number of benzene rings is 1. The zero-order chi connectivity index (χ0) is 15.0. The van der Waals surface area contributed by atoms with E-state index in [-0.39, 0.29) is 31.3 Å². The number of hydrogen-bond acceptors (Lipinski definition) is 4. The molecular weight excluding hydrogens is 272 g/mol. The van der Waals surface area contributed by atoms with Gasteiger partial charge in [-0.15, -0.1) is 0 Å². The minimum atomic E-state index is -2.87. The van der Waals surface area contributed by atoms with Crippen LogP contribution in [0.2, 0.25) is 0 Å². The predicted octanol–water partition coefficient (Wildman–Crippen LogP) is 0.954. The molecule has 0 aliphatic rings. The summed E-state index contributed by atoms with van der Waals surface area (Å²) in [6.45, 7) is -2.88. The van der Waals surface area contributed by atoms with E-state index in [0.29, 0.717) is 5.56 Å². The quantitative estimate of drug-likeness (QED) is 0.748. The molecule has 1 atom stereocenters. The van der Waals surface area contributed by atoms with Crippen molar-refractivity contribution < 1.29 is 28.2 Å². The molecule has 0 saturated carbocycles. The third-order valence-corrected chi connectivity index (χ3v) is 2.47. The highest BCUT2D eigenvalue weighted by atomic mass is 19.3. The van der Waals surface area contributed by atoms with Gasteiger partial charge in [-0.25, -0.2) is 0 Å². The van der Waals surface area contributed by atoms with Gasteiger partial charge in [0.15, 0.2) is 0 Å². The molecule has 2 N–H and O–H groups in total. The van der Waals surface area contributed by atoms with Gasteiger partial charge in [-0.1, -0.05) is 12.1 Å². The molecule has 0 bridgehead atoms. The van der Waals surface area contributed by atoms with Crippen LogP contribution in [0, 0.1) is 0 Å². The highest BCUT2D eigenvalue weighted by Crippen LogP contribution is 2.15. The maximum atomic E-state index is 12.0. The first-order valence-electron chi connectivity index (χ1n) is 5.98. The van der Waals surface area contributed by atoms with Crippen molar-refractivity contribution in [3.8, 4) is 5.75 Å². The van der Waals surface area contributed by atoms with Crippen molar-refractivity contribution in [2.24, 2.45) is 0 Å². The van der Waals surface area contributed by atoms with E-state index < -0.39 is 12.7 Å². The molecule has 1 rings (SSSR count). The van der Waals surface area contributed by atoms with Crippen LogP contribution in [-0.4, -0.2) is 44.0 Å². The lowest BCUT2D eigenvalue weighted by Crippen LogP contribution is -2.41. The van der Waals surface area contributed by atoms with Crippen molar-refractivity contribution in [3.63, 3.8) is 0 Å². The molecule has 7 heteroatoms. The van der Waals surface area contributed by atoms with Crippen LogP contribution in [0.4, 0.5) is 8.78 Å². The second-order valence-electron chi connectivity index (χ2n) is 4.10. The van der Waals surface area contributed by atoms with Gasteiger partial charge in [-0.3, -0.25) is 4.79 Å². The van der Waals surface area contributed by atoms with Crippen LogP contribution in [0.5, 0.6) is 5.75 Å². The summed E-state index contributed by atoms with van der Waals surface area (Å²) in [6.07, 6.45) is 0.0785. The molecular formula is C13H17F2NO4. The largest absolute Gasteiger partial charge is 0.435 e. The highest BCUT2D eigenvalue weighted by molar-refractivity contribution is 5.78. The van der Waals surface area contributed by atoms with Gasteiger partial charge in [-0.05, 0) is 17.7 Å². The average molecular weight is 289 g/mol. The van der Waals surface area contributed by atoms with Gasteiger partial charge in [-0.2, -0.15) is 8.78 Å². The molecule has 0 aromatic heterocycles. The molecule has 0 saturated heterocycles. The monoisotopic (exact) mass is 289 g/mol. The first-order chi connectivity index (χ1) is 9.55. The molecule has 0 radical (unpaired) electrons. The SMILES string of the molecule is COCC(CO)NC(=O)Cc1ccc(OC(F)F)cc1. The number of alkyl halides is 2. The van der Waals surface area contributed by atoms with Crippen molar-refractivity contribution in [2.45, 2.75) is 19.1 Å². The number of rotatable bonds is 8. The number of carbonyl (C=O) groups excluding carboxylic acids is 1. The van der Waals surface area contributed by atoms with E-state index in [1.807, 2.05) is 0 Å². The van der Waals surface area contributed by atoms with Gasteiger partial charge in [0.05, 0.1) is 25.7 Å². The molecule has 0 fully saturated rings. The third kappa shape index (κ3) is 5.94. The Morgan fingerprint density at radius 3 is 2.50 bits per heavy atom. The fourth-order valence-corrected chi connectivity index (χ4v) is 1.59. The van der Waals surface area contributed by atoms with Crippen molar-refractivity contribution >= 4 is 5.91 Å². The molecule has 5 nitrogen and oxygen atoms in total. The third-order valence-electron chi connectivity index (χ3n) is 2.47. The van der Waals surface area contributed by atoms with Crippen LogP contribution >= 0.6 is 0 Å². The van der Waals surface area contributed by atoms with Crippen LogP contribution in [0.15, 0.2) is 24.3 Å². The number of methoxy groups -OCH3 is 1. The molecule has 112 valence electrons. The Kier molecular flexibility index (Phi) is 6.89. The van der Waals surface area contributed by atoms with Crippen LogP contribution in [0.25, 0.3) is 0 Å². The Labute approximate surface area is 115 Å². The van der Waals surface area contributed by atoms with Gasteiger partial charge < -0.3 is 19.9 Å². The molecule has 0 aliphatic heterocycles. The number of ether oxygens (including phenoxy) is 2. The van der Waals surface area contributed by atoms with E-state index in [1.54, 1.807) is 0 Å². The van der Waals surface area contributed by atoms with Crippen LogP contribution < -0.4 is 10.1 Å². The normalized spacial score (nSPS) is 12.2. The predicted molar refractivity (Wildman–Crippen MR) is 67.7 cm³/mol. The molecule has 0 aliphatic carbocycles. The van der Waals surface area contributed by atoms with E-state index in [1.165, 1.54) is 31.4 Å². The maximum absolute atomic E-state index is 12.0. The van der Waals surface area contributed by atoms with E-state index in [0.717, 1.165) is 0 Å². The summed E-state index contributed by atoms with van der Waals surface area (Å²) in [5, 5.41) is 11.6. The van der Waals surface area contributed by atoms with Crippen molar-refractivity contribution in [2.75, 3.05) is 20.3 Å². The number of nitrogens with one attached hydrogen (secondary N) is 1. The minimum absolute atomic E-state index is 0.0387. The summed E-state index contributed by atoms with van der Waals surface area (Å²) in [5.74, 6) is -0.250. The number of amides is 1. The standard InChI is InChI=1S/C13H17F2NO4/c1-19-8-10(7-17)16-12(18)6-9-2-4-11(5-3-9)20-13(14)15/h2-5,10,13,17H,6-8H2,1H3,(H,16,18). The Balaban J connectivity index is 2.49. The minimum Gasteiger partial charge on any atom is -0.435 e. The smallest absolute Gasteiger partial charge is 0.387 e. The lowest BCUT2D eigenvalue weighted by atomic mass is 10.1. The molecule has 1 aromatic rings. The van der Waals surface area contributed by atoms with Gasteiger partial charge >= 0.3 is 6.61 Å². The Morgan fingerprint density at radius 1 is 1.35 bits per heavy atom. The van der Waals surface area contributed by atoms with Gasteiger partial charge in [0, 0.05) is 7.11 Å². The Morgan fingerprint density at radius 2 is 2.00 bits per heavy atom. The Bertz CT molecular complexity index is 411. The number of halogens is 2. The van der Waals surface area contributed by atoms with Crippen molar-refractivity contribution in [1.29, 1.82) is 0 Å². The first kappa shape index (κ1) is 16.3. The van der Waals surface area contributed by atoms with Crippen LogP contribution in [0.1, 0.15) is 5.56 Å².